The van der Waals surface area contributed by atoms with E-state index >= 15 is 0 Å². The third-order valence-electron chi connectivity index (χ3n) is 20.4. The average Bonchev–Trinajstić information content (AvgIpc) is 1.37. The van der Waals surface area contributed by atoms with Crippen molar-refractivity contribution in [3.05, 3.63) is 0 Å². The van der Waals surface area contributed by atoms with Gasteiger partial charge in [0.1, 0.15) is 13.2 Å². The Balaban J connectivity index is 1.88. The first-order valence-corrected chi connectivity index (χ1v) is 47.9. The van der Waals surface area contributed by atoms with Crippen molar-refractivity contribution >= 4 is 23.8 Å². The molecule has 0 radical (unpaired) electrons. The normalized spacial score (nSPS) is 13.8. The number of likely N-dealkylation sites (tertiary alicyclic amines) is 1. The quantitative estimate of drug-likeness (QED) is 0.0310. The summed E-state index contributed by atoms with van der Waals surface area (Å²) in [4.78, 5) is 57.3. The topological polar surface area (TPSA) is 321 Å². The van der Waals surface area contributed by atoms with Crippen LogP contribution in [0.4, 0.5) is 0 Å². The van der Waals surface area contributed by atoms with Gasteiger partial charge < -0.3 is 133 Å². The van der Waals surface area contributed by atoms with Gasteiger partial charge in [-0.25, -0.2) is 0 Å². The average molecular weight is 1810 g/mol. The van der Waals surface area contributed by atoms with E-state index in [1.807, 2.05) is 11.8 Å². The van der Waals surface area contributed by atoms with Crippen molar-refractivity contribution in [3.8, 4) is 0 Å². The molecule has 1 aliphatic rings. The molecule has 3 unspecified atom stereocenters. The molecule has 742 valence electrons. The van der Waals surface area contributed by atoms with Crippen molar-refractivity contribution in [2.24, 2.45) is 16.2 Å². The zero-order valence-corrected chi connectivity index (χ0v) is 79.6. The highest BCUT2D eigenvalue weighted by Gasteiger charge is 2.52. The second-order valence-corrected chi connectivity index (χ2v) is 32.2. The number of hydrogen-bond donors (Lipinski definition) is 0. The molecule has 3 atom stereocenters. The van der Waals surface area contributed by atoms with Crippen LogP contribution in [-0.4, -0.2) is 379 Å². The standard InChI is InChI=1S/C93H179NO31/c1-9-12-14-16-18-20-22-24-26-28-33-100-36-37-101-38-39-102-40-41-103-42-43-104-44-45-105-46-47-106-48-49-107-50-51-108-52-53-109-54-55-110-56-57-111-58-59-112-60-61-113-62-63-114-64-65-115-66-67-116-68-69-117-70-71-118-72-73-119-74-75-120-76-77-121-78-79-122-80-82-124-88(96)91(4,5)84-93(7,90(98)123-34-29-27-25-23-21-19-17-15-13-10-2)85-92(6,89(97)125-81-35-99-8)83-86(11-3)94-32-30-31-87(94)95/h86H,9-85H2,1-8H3. The Labute approximate surface area is 754 Å². The molecule has 0 aromatic rings. The molecule has 1 amide bonds. The lowest BCUT2D eigenvalue weighted by Crippen LogP contribution is -2.48. The van der Waals surface area contributed by atoms with Gasteiger partial charge in [-0.15, -0.1) is 0 Å². The molecule has 0 aromatic heterocycles. The Kier molecular flexibility index (Phi) is 89.0. The molecule has 0 saturated carbocycles. The van der Waals surface area contributed by atoms with Crippen LogP contribution < -0.4 is 0 Å². The van der Waals surface area contributed by atoms with Crippen molar-refractivity contribution in [2.45, 2.75) is 221 Å². The highest BCUT2D eigenvalue weighted by molar-refractivity contribution is 5.83. The SMILES string of the molecule is CCCCCCCCCCCCOCCOCCOCCOCCOCCOCCOCCOCCOCCOCCOCCOCCOCCOCCOCCOCCOCCOCCOCCOCCOCCOCCOCCOC(=O)C(C)(C)CC(C)(CC(C)(CC(CC)N1CCCC1=O)C(=O)OCCOC)C(=O)OCCCCCCCCCCCC. The van der Waals surface area contributed by atoms with E-state index in [2.05, 4.69) is 13.8 Å². The first-order chi connectivity index (χ1) is 61.3. The molecule has 1 saturated heterocycles. The molecule has 0 aromatic carbocycles. The van der Waals surface area contributed by atoms with Crippen LogP contribution in [0.15, 0.2) is 0 Å². The Morgan fingerprint density at radius 3 is 0.728 bits per heavy atom. The van der Waals surface area contributed by atoms with Crippen molar-refractivity contribution in [1.82, 2.24) is 4.90 Å². The Hall–Kier alpha value is -3.08. The van der Waals surface area contributed by atoms with E-state index in [9.17, 15) is 19.2 Å². The number of nitrogens with zero attached hydrogens (tertiary/aromatic N) is 1. The molecule has 32 nitrogen and oxygen atoms in total. The maximum atomic E-state index is 14.5. The van der Waals surface area contributed by atoms with Gasteiger partial charge in [0.15, 0.2) is 0 Å². The van der Waals surface area contributed by atoms with Crippen LogP contribution in [0.3, 0.4) is 0 Å². The van der Waals surface area contributed by atoms with Gasteiger partial charge in [-0.2, -0.15) is 0 Å². The van der Waals surface area contributed by atoms with E-state index in [4.69, 9.17) is 128 Å². The summed E-state index contributed by atoms with van der Waals surface area (Å²) in [7, 11) is 1.53. The number of esters is 3. The fourth-order valence-corrected chi connectivity index (χ4v) is 13.7. The molecular weight excluding hydrogens is 1630 g/mol. The number of amides is 1. The van der Waals surface area contributed by atoms with Gasteiger partial charge in [-0.1, -0.05) is 136 Å². The number of unbranched alkanes of at least 4 members (excludes halogenated alkanes) is 18. The van der Waals surface area contributed by atoms with Crippen molar-refractivity contribution in [3.63, 3.8) is 0 Å². The van der Waals surface area contributed by atoms with E-state index in [1.54, 1.807) is 27.7 Å². The van der Waals surface area contributed by atoms with Gasteiger partial charge in [0.25, 0.3) is 0 Å². The molecule has 1 rings (SSSR count). The summed E-state index contributed by atoms with van der Waals surface area (Å²) >= 11 is 0. The number of rotatable bonds is 105. The molecule has 0 spiro atoms. The minimum absolute atomic E-state index is 0.00125. The smallest absolute Gasteiger partial charge is 0.311 e. The van der Waals surface area contributed by atoms with Crippen LogP contribution in [0, 0.1) is 16.2 Å². The summed E-state index contributed by atoms with van der Waals surface area (Å²) < 4.78 is 151. The fourth-order valence-electron chi connectivity index (χ4n) is 13.7. The van der Waals surface area contributed by atoms with Gasteiger partial charge in [0.2, 0.25) is 5.91 Å². The third kappa shape index (κ3) is 78.2. The van der Waals surface area contributed by atoms with Crippen molar-refractivity contribution in [2.75, 3.05) is 344 Å². The zero-order valence-electron chi connectivity index (χ0n) is 79.6. The van der Waals surface area contributed by atoms with Crippen LogP contribution in [0.5, 0.6) is 0 Å². The molecule has 0 aliphatic carbocycles. The molecule has 0 bridgehead atoms. The highest BCUT2D eigenvalue weighted by Crippen LogP contribution is 2.47. The lowest BCUT2D eigenvalue weighted by atomic mass is 9.64. The third-order valence-corrected chi connectivity index (χ3v) is 20.4. The second kappa shape index (κ2) is 92.8. The number of ether oxygens (including phenoxy) is 27. The lowest BCUT2D eigenvalue weighted by molar-refractivity contribution is -0.171. The molecule has 1 fully saturated rings. The monoisotopic (exact) mass is 1810 g/mol. The van der Waals surface area contributed by atoms with E-state index in [0.717, 1.165) is 45.1 Å². The van der Waals surface area contributed by atoms with E-state index < -0.39 is 34.2 Å². The molecule has 125 heavy (non-hydrogen) atoms. The molecule has 1 aliphatic heterocycles. The maximum Gasteiger partial charge on any atom is 0.311 e. The van der Waals surface area contributed by atoms with E-state index in [0.29, 0.717) is 303 Å². The minimum Gasteiger partial charge on any atom is -0.465 e. The summed E-state index contributed by atoms with van der Waals surface area (Å²) in [5, 5.41) is 0. The largest absolute Gasteiger partial charge is 0.465 e. The van der Waals surface area contributed by atoms with E-state index in [1.165, 1.54) is 103 Å². The minimum atomic E-state index is -1.31. The van der Waals surface area contributed by atoms with Crippen molar-refractivity contribution in [1.29, 1.82) is 0 Å². The summed E-state index contributed by atoms with van der Waals surface area (Å²) in [6.45, 7) is 36.3. The number of hydrogen-bond acceptors (Lipinski definition) is 31. The molecular formula is C93H179NO31. The second-order valence-electron chi connectivity index (χ2n) is 32.2. The number of methoxy groups -OCH3 is 1. The summed E-state index contributed by atoms with van der Waals surface area (Å²) in [5.41, 5.74) is -3.69. The summed E-state index contributed by atoms with van der Waals surface area (Å²) in [5.74, 6) is -1.42. The number of carbonyl (C=O) groups excluding carboxylic acids is 4. The predicted molar refractivity (Wildman–Crippen MR) is 476 cm³/mol. The number of carbonyl (C=O) groups is 4. The predicted octanol–water partition coefficient (Wildman–Crippen LogP) is 12.1. The Bertz CT molecular complexity index is 2290. The Morgan fingerprint density at radius 2 is 0.480 bits per heavy atom. The fraction of sp³-hybridized carbons (Fsp3) is 0.957. The Morgan fingerprint density at radius 1 is 0.264 bits per heavy atom. The van der Waals surface area contributed by atoms with E-state index in [-0.39, 0.29) is 70.9 Å². The van der Waals surface area contributed by atoms with Crippen LogP contribution in [0.1, 0.15) is 215 Å². The van der Waals surface area contributed by atoms with Gasteiger partial charge in [-0.05, 0) is 72.6 Å². The van der Waals surface area contributed by atoms with Gasteiger partial charge in [-0.3, -0.25) is 19.2 Å². The van der Waals surface area contributed by atoms with Gasteiger partial charge in [0, 0.05) is 32.7 Å². The maximum absolute atomic E-state index is 14.5. The lowest BCUT2D eigenvalue weighted by Gasteiger charge is -2.42. The summed E-state index contributed by atoms with van der Waals surface area (Å²) in [6, 6.07) is -0.244. The van der Waals surface area contributed by atoms with Gasteiger partial charge in [0.05, 0.1) is 327 Å². The van der Waals surface area contributed by atoms with Gasteiger partial charge >= 0.3 is 17.9 Å². The first kappa shape index (κ1) is 120. The first-order valence-electron chi connectivity index (χ1n) is 47.9. The highest BCUT2D eigenvalue weighted by atomic mass is 16.6. The molecule has 1 heterocycles. The van der Waals surface area contributed by atoms with Crippen LogP contribution >= 0.6 is 0 Å². The molecule has 32 heteroatoms. The molecule has 0 N–H and O–H groups in total. The summed E-state index contributed by atoms with van der Waals surface area (Å²) in [6.07, 6.45) is 26.9. The van der Waals surface area contributed by atoms with Crippen LogP contribution in [-0.2, 0) is 147 Å². The van der Waals surface area contributed by atoms with Crippen LogP contribution in [0.25, 0.3) is 0 Å². The van der Waals surface area contributed by atoms with Crippen molar-refractivity contribution < 1.29 is 147 Å². The van der Waals surface area contributed by atoms with Crippen LogP contribution in [0.2, 0.25) is 0 Å². The zero-order chi connectivity index (χ0) is 90.5.